The van der Waals surface area contributed by atoms with Gasteiger partial charge in [-0.05, 0) is 36.1 Å². The lowest BCUT2D eigenvalue weighted by atomic mass is 9.90. The van der Waals surface area contributed by atoms with Crippen LogP contribution in [0.5, 0.6) is 5.75 Å². The lowest BCUT2D eigenvalue weighted by molar-refractivity contribution is -0.116. The molecule has 0 unspecified atom stereocenters. The summed E-state index contributed by atoms with van der Waals surface area (Å²) in [6.07, 6.45) is 2.64. The number of aromatic nitrogens is 2. The average Bonchev–Trinajstić information content (AvgIpc) is 2.73. The van der Waals surface area contributed by atoms with Gasteiger partial charge in [-0.3, -0.25) is 4.79 Å². The third-order valence-corrected chi connectivity index (χ3v) is 4.75. The molecule has 7 nitrogen and oxygen atoms in total. The Morgan fingerprint density at radius 1 is 1.06 bits per heavy atom. The first-order chi connectivity index (χ1) is 15.2. The first-order valence-corrected chi connectivity index (χ1v) is 10.5. The van der Waals surface area contributed by atoms with E-state index in [9.17, 15) is 9.18 Å². The van der Waals surface area contributed by atoms with Crippen LogP contribution in [0, 0.1) is 11.2 Å². The Labute approximate surface area is 187 Å². The SMILES string of the molecule is COCCOc1cc(F)c2c(Nc3ccc(NC(=O)CCC(C)(C)C)cc3)ncnc2c1. The fourth-order valence-corrected chi connectivity index (χ4v) is 3.02. The van der Waals surface area contributed by atoms with Crippen LogP contribution in [0.4, 0.5) is 21.6 Å². The fraction of sp³-hybridized carbons (Fsp3) is 0.375. The van der Waals surface area contributed by atoms with Crippen molar-refractivity contribution in [1.82, 2.24) is 9.97 Å². The number of anilines is 3. The summed E-state index contributed by atoms with van der Waals surface area (Å²) in [6.45, 7) is 7.04. The quantitative estimate of drug-likeness (QED) is 0.439. The number of fused-ring (bicyclic) bond motifs is 1. The normalized spacial score (nSPS) is 11.4. The molecule has 0 atom stereocenters. The predicted molar refractivity (Wildman–Crippen MR) is 124 cm³/mol. The minimum absolute atomic E-state index is 0.0203. The zero-order valence-corrected chi connectivity index (χ0v) is 18.9. The second-order valence-corrected chi connectivity index (χ2v) is 8.67. The van der Waals surface area contributed by atoms with Crippen molar-refractivity contribution in [3.05, 3.63) is 48.5 Å². The van der Waals surface area contributed by atoms with E-state index in [1.54, 1.807) is 37.4 Å². The Kier molecular flexibility index (Phi) is 7.58. The molecule has 0 spiro atoms. The number of methoxy groups -OCH3 is 1. The van der Waals surface area contributed by atoms with Crippen LogP contribution in [0.1, 0.15) is 33.6 Å². The van der Waals surface area contributed by atoms with E-state index < -0.39 is 5.82 Å². The summed E-state index contributed by atoms with van der Waals surface area (Å²) in [4.78, 5) is 20.5. The number of halogens is 1. The number of hydrogen-bond acceptors (Lipinski definition) is 6. The van der Waals surface area contributed by atoms with Gasteiger partial charge in [-0.25, -0.2) is 14.4 Å². The molecule has 0 aliphatic heterocycles. The van der Waals surface area contributed by atoms with E-state index in [0.717, 1.165) is 6.42 Å². The van der Waals surface area contributed by atoms with Crippen molar-refractivity contribution < 1.29 is 18.7 Å². The maximum absolute atomic E-state index is 14.8. The Morgan fingerprint density at radius 3 is 2.47 bits per heavy atom. The maximum atomic E-state index is 14.8. The van der Waals surface area contributed by atoms with Crippen LogP contribution in [-0.2, 0) is 9.53 Å². The molecular formula is C24H29FN4O3. The first-order valence-electron chi connectivity index (χ1n) is 10.5. The molecule has 170 valence electrons. The van der Waals surface area contributed by atoms with Crippen LogP contribution in [0.15, 0.2) is 42.7 Å². The monoisotopic (exact) mass is 440 g/mol. The highest BCUT2D eigenvalue weighted by molar-refractivity contribution is 5.93. The standard InChI is InChI=1S/C24H29FN4O3/c1-24(2,3)10-9-21(30)28-16-5-7-17(8-6-16)29-23-22-19(25)13-18(32-12-11-31-4)14-20(22)26-15-27-23/h5-8,13-15H,9-12H2,1-4H3,(H,28,30)(H,26,27,29). The summed E-state index contributed by atoms with van der Waals surface area (Å²) in [5, 5.41) is 6.29. The van der Waals surface area contributed by atoms with Crippen molar-refractivity contribution in [2.45, 2.75) is 33.6 Å². The van der Waals surface area contributed by atoms with E-state index in [2.05, 4.69) is 41.4 Å². The van der Waals surface area contributed by atoms with Gasteiger partial charge in [0.1, 0.15) is 30.3 Å². The molecule has 0 radical (unpaired) electrons. The molecule has 2 N–H and O–H groups in total. The second-order valence-electron chi connectivity index (χ2n) is 8.67. The van der Waals surface area contributed by atoms with Gasteiger partial charge in [0, 0.05) is 37.0 Å². The van der Waals surface area contributed by atoms with Gasteiger partial charge in [-0.2, -0.15) is 0 Å². The Balaban J connectivity index is 1.70. The van der Waals surface area contributed by atoms with Crippen LogP contribution in [0.2, 0.25) is 0 Å². The number of hydrogen-bond donors (Lipinski definition) is 2. The van der Waals surface area contributed by atoms with Crippen molar-refractivity contribution in [3.63, 3.8) is 0 Å². The van der Waals surface area contributed by atoms with Gasteiger partial charge in [-0.1, -0.05) is 20.8 Å². The van der Waals surface area contributed by atoms with Crippen LogP contribution < -0.4 is 15.4 Å². The number of ether oxygens (including phenoxy) is 2. The molecular weight excluding hydrogens is 411 g/mol. The molecule has 2 aromatic carbocycles. The van der Waals surface area contributed by atoms with E-state index >= 15 is 0 Å². The van der Waals surface area contributed by atoms with Crippen molar-refractivity contribution in [2.24, 2.45) is 5.41 Å². The summed E-state index contributed by atoms with van der Waals surface area (Å²) in [7, 11) is 1.57. The smallest absolute Gasteiger partial charge is 0.224 e. The van der Waals surface area contributed by atoms with Gasteiger partial charge in [0.2, 0.25) is 5.91 Å². The van der Waals surface area contributed by atoms with Crippen LogP contribution in [0.3, 0.4) is 0 Å². The third kappa shape index (κ3) is 6.62. The zero-order chi connectivity index (χ0) is 23.1. The molecule has 0 fully saturated rings. The Bertz CT molecular complexity index is 1070. The number of rotatable bonds is 9. The molecule has 0 saturated carbocycles. The van der Waals surface area contributed by atoms with Crippen molar-refractivity contribution >= 4 is 34.0 Å². The van der Waals surface area contributed by atoms with Crippen LogP contribution >= 0.6 is 0 Å². The Morgan fingerprint density at radius 2 is 1.78 bits per heavy atom. The van der Waals surface area contributed by atoms with E-state index in [1.165, 1.54) is 12.4 Å². The molecule has 3 rings (SSSR count). The largest absolute Gasteiger partial charge is 0.491 e. The Hall–Kier alpha value is -3.26. The molecule has 0 bridgehead atoms. The van der Waals surface area contributed by atoms with Gasteiger partial charge >= 0.3 is 0 Å². The van der Waals surface area contributed by atoms with Gasteiger partial charge in [0.25, 0.3) is 0 Å². The molecule has 1 amide bonds. The van der Waals surface area contributed by atoms with Crippen molar-refractivity contribution in [1.29, 1.82) is 0 Å². The van der Waals surface area contributed by atoms with Gasteiger partial charge in [0.15, 0.2) is 0 Å². The third-order valence-electron chi connectivity index (χ3n) is 4.75. The number of nitrogens with zero attached hydrogens (tertiary/aromatic N) is 2. The molecule has 3 aromatic rings. The highest BCUT2D eigenvalue weighted by Gasteiger charge is 2.14. The fourth-order valence-electron chi connectivity index (χ4n) is 3.02. The predicted octanol–water partition coefficient (Wildman–Crippen LogP) is 5.30. The molecule has 8 heteroatoms. The molecule has 1 aromatic heterocycles. The number of benzene rings is 2. The highest BCUT2D eigenvalue weighted by Crippen LogP contribution is 2.29. The minimum atomic E-state index is -0.485. The lowest BCUT2D eigenvalue weighted by Crippen LogP contribution is -2.15. The van der Waals surface area contributed by atoms with Gasteiger partial charge in [-0.15, -0.1) is 0 Å². The molecule has 0 saturated heterocycles. The minimum Gasteiger partial charge on any atom is -0.491 e. The summed E-state index contributed by atoms with van der Waals surface area (Å²) < 4.78 is 25.2. The summed E-state index contributed by atoms with van der Waals surface area (Å²) in [5.74, 6) is 0.218. The lowest BCUT2D eigenvalue weighted by Gasteiger charge is -2.17. The van der Waals surface area contributed by atoms with E-state index in [-0.39, 0.29) is 16.7 Å². The number of carbonyl (C=O) groups excluding carboxylic acids is 1. The van der Waals surface area contributed by atoms with E-state index in [1.807, 2.05) is 0 Å². The average molecular weight is 441 g/mol. The summed E-state index contributed by atoms with van der Waals surface area (Å²) >= 11 is 0. The number of carbonyl (C=O) groups is 1. The molecule has 0 aliphatic carbocycles. The first kappa shape index (κ1) is 23.4. The topological polar surface area (TPSA) is 85.4 Å². The molecule has 32 heavy (non-hydrogen) atoms. The van der Waals surface area contributed by atoms with Gasteiger partial charge in [0.05, 0.1) is 17.5 Å². The van der Waals surface area contributed by atoms with Crippen molar-refractivity contribution in [3.8, 4) is 5.75 Å². The number of nitrogens with one attached hydrogen (secondary N) is 2. The van der Waals surface area contributed by atoms with E-state index in [4.69, 9.17) is 9.47 Å². The highest BCUT2D eigenvalue weighted by atomic mass is 19.1. The molecule has 0 aliphatic rings. The van der Waals surface area contributed by atoms with Crippen LogP contribution in [-0.4, -0.2) is 36.2 Å². The van der Waals surface area contributed by atoms with E-state index in [0.29, 0.717) is 48.1 Å². The zero-order valence-electron chi connectivity index (χ0n) is 18.9. The van der Waals surface area contributed by atoms with Gasteiger partial charge < -0.3 is 20.1 Å². The second kappa shape index (κ2) is 10.4. The maximum Gasteiger partial charge on any atom is 0.224 e. The number of amides is 1. The molecule has 1 heterocycles. The van der Waals surface area contributed by atoms with Crippen molar-refractivity contribution in [2.75, 3.05) is 31.0 Å². The summed E-state index contributed by atoms with van der Waals surface area (Å²) in [5.41, 5.74) is 1.94. The van der Waals surface area contributed by atoms with Crippen LogP contribution in [0.25, 0.3) is 10.9 Å². The summed E-state index contributed by atoms with van der Waals surface area (Å²) in [6, 6.07) is 10.2.